The Morgan fingerprint density at radius 3 is 1.50 bits per heavy atom. The Morgan fingerprint density at radius 2 is 1.18 bits per heavy atom. The van der Waals surface area contributed by atoms with Gasteiger partial charge in [-0.2, -0.15) is 0 Å². The van der Waals surface area contributed by atoms with Crippen molar-refractivity contribution < 1.29 is 19.7 Å². The zero-order valence-corrected chi connectivity index (χ0v) is 17.7. The minimum absolute atomic E-state index is 0.291. The fraction of sp³-hybridized carbons (Fsp3) is 0.727. The standard InChI is InChI=1S/C22H40N2O4/c1-3-5-9-27-15-19(25)11-21-17(13-23)7-8-18(14-24)22(21)12-20(26)16-28-10-6-4-2/h7-8,19-20,25-26H,3-6,9-16,23-24H2,1-2H3. The molecule has 0 spiro atoms. The fourth-order valence-electron chi connectivity index (χ4n) is 3.20. The molecule has 6 heteroatoms. The highest BCUT2D eigenvalue weighted by Gasteiger charge is 2.19. The Bertz CT molecular complexity index is 493. The van der Waals surface area contributed by atoms with Gasteiger partial charge in [0.25, 0.3) is 0 Å². The number of aliphatic hydroxyl groups excluding tert-OH is 2. The van der Waals surface area contributed by atoms with Crippen molar-refractivity contribution in [1.29, 1.82) is 0 Å². The van der Waals surface area contributed by atoms with Crippen molar-refractivity contribution in [3.63, 3.8) is 0 Å². The predicted octanol–water partition coefficient (Wildman–Crippen LogP) is 2.04. The third-order valence-electron chi connectivity index (χ3n) is 4.85. The molecule has 0 aromatic heterocycles. The van der Waals surface area contributed by atoms with E-state index < -0.39 is 12.2 Å². The van der Waals surface area contributed by atoms with Crippen LogP contribution in [0.15, 0.2) is 12.1 Å². The first-order valence-electron chi connectivity index (χ1n) is 10.6. The lowest BCUT2D eigenvalue weighted by atomic mass is 9.89. The van der Waals surface area contributed by atoms with Crippen LogP contribution in [0.4, 0.5) is 0 Å². The highest BCUT2D eigenvalue weighted by Crippen LogP contribution is 2.23. The van der Waals surface area contributed by atoms with Crippen molar-refractivity contribution in [2.24, 2.45) is 11.5 Å². The Balaban J connectivity index is 2.87. The number of rotatable bonds is 16. The average molecular weight is 397 g/mol. The molecule has 6 N–H and O–H groups in total. The normalized spacial score (nSPS) is 13.6. The number of hydrogen-bond donors (Lipinski definition) is 4. The first-order valence-corrected chi connectivity index (χ1v) is 10.6. The summed E-state index contributed by atoms with van der Waals surface area (Å²) in [7, 11) is 0. The molecule has 1 rings (SSSR count). The maximum absolute atomic E-state index is 10.5. The molecule has 0 amide bonds. The van der Waals surface area contributed by atoms with Crippen LogP contribution in [-0.2, 0) is 35.4 Å². The van der Waals surface area contributed by atoms with Gasteiger partial charge in [0.2, 0.25) is 0 Å². The van der Waals surface area contributed by atoms with E-state index in [1.807, 2.05) is 12.1 Å². The van der Waals surface area contributed by atoms with Gasteiger partial charge in [0.05, 0.1) is 25.4 Å². The van der Waals surface area contributed by atoms with Gasteiger partial charge in [-0.05, 0) is 35.1 Å². The smallest absolute Gasteiger partial charge is 0.0814 e. The Kier molecular flexibility index (Phi) is 13.3. The molecule has 0 saturated heterocycles. The summed E-state index contributed by atoms with van der Waals surface area (Å²) in [6.07, 6.45) is 3.73. The second-order valence-electron chi connectivity index (χ2n) is 7.32. The number of aliphatic hydroxyl groups is 2. The first kappa shape index (κ1) is 25.0. The van der Waals surface area contributed by atoms with Crippen molar-refractivity contribution in [3.8, 4) is 0 Å². The van der Waals surface area contributed by atoms with Crippen LogP contribution in [-0.4, -0.2) is 48.8 Å². The first-order chi connectivity index (χ1) is 13.6. The van der Waals surface area contributed by atoms with Crippen molar-refractivity contribution in [2.75, 3.05) is 26.4 Å². The summed E-state index contributed by atoms with van der Waals surface area (Å²) < 4.78 is 11.1. The highest BCUT2D eigenvalue weighted by molar-refractivity contribution is 5.42. The average Bonchev–Trinajstić information content (AvgIpc) is 2.69. The molecule has 0 aliphatic carbocycles. The van der Waals surface area contributed by atoms with Crippen LogP contribution in [0.2, 0.25) is 0 Å². The lowest BCUT2D eigenvalue weighted by Gasteiger charge is -2.22. The van der Waals surface area contributed by atoms with Crippen LogP contribution in [0.1, 0.15) is 61.8 Å². The highest BCUT2D eigenvalue weighted by atomic mass is 16.5. The number of hydrogen-bond acceptors (Lipinski definition) is 6. The summed E-state index contributed by atoms with van der Waals surface area (Å²) in [5.74, 6) is 0. The number of unbranched alkanes of at least 4 members (excludes halogenated alkanes) is 2. The molecule has 6 nitrogen and oxygen atoms in total. The second kappa shape index (κ2) is 14.9. The summed E-state index contributed by atoms with van der Waals surface area (Å²) in [6, 6.07) is 3.94. The van der Waals surface area contributed by atoms with Gasteiger partial charge in [-0.15, -0.1) is 0 Å². The van der Waals surface area contributed by atoms with Gasteiger partial charge < -0.3 is 31.2 Å². The number of nitrogens with two attached hydrogens (primary N) is 2. The van der Waals surface area contributed by atoms with E-state index in [1.165, 1.54) is 0 Å². The lowest BCUT2D eigenvalue weighted by Crippen LogP contribution is -2.25. The molecule has 0 heterocycles. The maximum Gasteiger partial charge on any atom is 0.0814 e. The lowest BCUT2D eigenvalue weighted by molar-refractivity contribution is 0.0331. The van der Waals surface area contributed by atoms with Crippen molar-refractivity contribution in [3.05, 3.63) is 34.4 Å². The van der Waals surface area contributed by atoms with Crippen molar-refractivity contribution in [2.45, 2.75) is 77.7 Å². The molecule has 0 radical (unpaired) electrons. The summed E-state index contributed by atoms with van der Waals surface area (Å²) in [5, 5.41) is 20.9. The van der Waals surface area contributed by atoms with Gasteiger partial charge >= 0.3 is 0 Å². The SMILES string of the molecule is CCCCOCC(O)Cc1c(CN)ccc(CN)c1CC(O)COCCCC. The van der Waals surface area contributed by atoms with Crippen LogP contribution in [0.25, 0.3) is 0 Å². The molecule has 0 fully saturated rings. The van der Waals surface area contributed by atoms with Crippen molar-refractivity contribution >= 4 is 0 Å². The van der Waals surface area contributed by atoms with E-state index in [2.05, 4.69) is 13.8 Å². The third-order valence-corrected chi connectivity index (χ3v) is 4.85. The molecule has 162 valence electrons. The monoisotopic (exact) mass is 396 g/mol. The minimum Gasteiger partial charge on any atom is -0.390 e. The Morgan fingerprint density at radius 1 is 0.786 bits per heavy atom. The molecule has 0 aliphatic heterocycles. The van der Waals surface area contributed by atoms with Gasteiger partial charge in [-0.3, -0.25) is 0 Å². The van der Waals surface area contributed by atoms with E-state index in [1.54, 1.807) is 0 Å². The minimum atomic E-state index is -0.619. The molecule has 0 saturated carbocycles. The van der Waals surface area contributed by atoms with Crippen LogP contribution in [0, 0.1) is 0 Å². The number of benzene rings is 1. The molecule has 28 heavy (non-hydrogen) atoms. The Hall–Kier alpha value is -1.02. The molecule has 2 atom stereocenters. The maximum atomic E-state index is 10.5. The molecule has 0 bridgehead atoms. The van der Waals surface area contributed by atoms with E-state index in [9.17, 15) is 10.2 Å². The molecule has 2 unspecified atom stereocenters. The second-order valence-corrected chi connectivity index (χ2v) is 7.32. The van der Waals surface area contributed by atoms with E-state index in [-0.39, 0.29) is 0 Å². The largest absolute Gasteiger partial charge is 0.390 e. The van der Waals surface area contributed by atoms with Crippen LogP contribution < -0.4 is 11.5 Å². The van der Waals surface area contributed by atoms with Gasteiger partial charge in [0.1, 0.15) is 0 Å². The zero-order chi connectivity index (χ0) is 20.8. The topological polar surface area (TPSA) is 111 Å². The molecular weight excluding hydrogens is 356 g/mol. The van der Waals surface area contributed by atoms with E-state index in [0.29, 0.717) is 52.4 Å². The van der Waals surface area contributed by atoms with Crippen molar-refractivity contribution in [1.82, 2.24) is 0 Å². The molecular formula is C22H40N2O4. The zero-order valence-electron chi connectivity index (χ0n) is 17.7. The van der Waals surface area contributed by atoms with Gasteiger partial charge in [-0.1, -0.05) is 38.8 Å². The van der Waals surface area contributed by atoms with Gasteiger partial charge in [-0.25, -0.2) is 0 Å². The van der Waals surface area contributed by atoms with Gasteiger partial charge in [0, 0.05) is 39.1 Å². The quantitative estimate of drug-likeness (QED) is 0.318. The third kappa shape index (κ3) is 8.99. The van der Waals surface area contributed by atoms with Crippen LogP contribution >= 0.6 is 0 Å². The molecule has 0 aliphatic rings. The van der Waals surface area contributed by atoms with Gasteiger partial charge in [0.15, 0.2) is 0 Å². The summed E-state index contributed by atoms with van der Waals surface area (Å²) in [4.78, 5) is 0. The Labute approximate surface area is 170 Å². The summed E-state index contributed by atoms with van der Waals surface area (Å²) in [5.41, 5.74) is 15.8. The number of ether oxygens (including phenoxy) is 2. The summed E-state index contributed by atoms with van der Waals surface area (Å²) in [6.45, 7) is 6.85. The van der Waals surface area contributed by atoms with E-state index in [0.717, 1.165) is 47.9 Å². The molecule has 1 aromatic rings. The predicted molar refractivity (Wildman–Crippen MR) is 113 cm³/mol. The summed E-state index contributed by atoms with van der Waals surface area (Å²) >= 11 is 0. The fourth-order valence-corrected chi connectivity index (χ4v) is 3.20. The molecule has 1 aromatic carbocycles. The van der Waals surface area contributed by atoms with E-state index in [4.69, 9.17) is 20.9 Å². The van der Waals surface area contributed by atoms with E-state index >= 15 is 0 Å². The van der Waals surface area contributed by atoms with Crippen LogP contribution in [0.5, 0.6) is 0 Å². The van der Waals surface area contributed by atoms with Crippen LogP contribution in [0.3, 0.4) is 0 Å².